The minimum absolute atomic E-state index is 0.267. The van der Waals surface area contributed by atoms with Gasteiger partial charge in [-0.3, -0.25) is 0 Å². The van der Waals surface area contributed by atoms with Crippen molar-refractivity contribution in [3.05, 3.63) is 66.1 Å². The molecule has 0 amide bonds. The minimum atomic E-state index is -0.267. The Balaban J connectivity index is 1.43. The summed E-state index contributed by atoms with van der Waals surface area (Å²) in [5.41, 5.74) is 2.84. The Bertz CT molecular complexity index is 954. The van der Waals surface area contributed by atoms with Gasteiger partial charge in [0.2, 0.25) is 5.95 Å². The zero-order valence-corrected chi connectivity index (χ0v) is 16.6. The lowest BCUT2D eigenvalue weighted by molar-refractivity contribution is 0.415. The number of methoxy groups -OCH3 is 1. The van der Waals surface area contributed by atoms with E-state index in [0.29, 0.717) is 5.95 Å². The minimum Gasteiger partial charge on any atom is -0.497 e. The predicted octanol–water partition coefficient (Wildman–Crippen LogP) is 4.00. The highest BCUT2D eigenvalue weighted by molar-refractivity contribution is 5.56. The van der Waals surface area contributed by atoms with Crippen molar-refractivity contribution >= 4 is 23.1 Å². The number of aryl methyl sites for hydroxylation is 1. The van der Waals surface area contributed by atoms with E-state index in [1.165, 1.54) is 17.8 Å². The third kappa shape index (κ3) is 4.56. The molecule has 0 atom stereocenters. The first-order chi connectivity index (χ1) is 14.1. The Kier molecular flexibility index (Phi) is 5.46. The van der Waals surface area contributed by atoms with E-state index < -0.39 is 0 Å². The zero-order chi connectivity index (χ0) is 20.2. The van der Waals surface area contributed by atoms with E-state index >= 15 is 0 Å². The van der Waals surface area contributed by atoms with Crippen LogP contribution in [0.5, 0.6) is 5.75 Å². The van der Waals surface area contributed by atoms with Gasteiger partial charge in [-0.1, -0.05) is 0 Å². The van der Waals surface area contributed by atoms with Gasteiger partial charge in [0.25, 0.3) is 0 Å². The van der Waals surface area contributed by atoms with Crippen LogP contribution in [0.4, 0.5) is 27.5 Å². The van der Waals surface area contributed by atoms with Crippen LogP contribution in [0.25, 0.3) is 0 Å². The number of halogens is 1. The molecule has 0 aliphatic carbocycles. The van der Waals surface area contributed by atoms with Crippen molar-refractivity contribution in [2.24, 2.45) is 0 Å². The number of hydrogen-bond acceptors (Lipinski definition) is 6. The Morgan fingerprint density at radius 2 is 1.55 bits per heavy atom. The summed E-state index contributed by atoms with van der Waals surface area (Å²) in [6.07, 6.45) is 0. The molecule has 1 N–H and O–H groups in total. The average molecular weight is 393 g/mol. The van der Waals surface area contributed by atoms with Crippen LogP contribution in [0.3, 0.4) is 0 Å². The van der Waals surface area contributed by atoms with E-state index in [0.717, 1.165) is 49.1 Å². The van der Waals surface area contributed by atoms with Crippen molar-refractivity contribution in [3.8, 4) is 5.75 Å². The van der Waals surface area contributed by atoms with Crippen molar-refractivity contribution in [1.82, 2.24) is 9.97 Å². The number of nitrogens with one attached hydrogen (secondary N) is 1. The van der Waals surface area contributed by atoms with Crippen LogP contribution >= 0.6 is 0 Å². The number of anilines is 4. The maximum atomic E-state index is 13.1. The van der Waals surface area contributed by atoms with Crippen LogP contribution in [0, 0.1) is 12.7 Å². The molecule has 1 saturated heterocycles. The smallest absolute Gasteiger partial charge is 0.229 e. The molecule has 3 aromatic rings. The number of hydrogen-bond donors (Lipinski definition) is 1. The summed E-state index contributed by atoms with van der Waals surface area (Å²) in [7, 11) is 1.68. The molecule has 29 heavy (non-hydrogen) atoms. The molecule has 2 heterocycles. The number of piperazine rings is 1. The molecular formula is C22H24FN5O. The average Bonchev–Trinajstić information content (AvgIpc) is 2.75. The van der Waals surface area contributed by atoms with Gasteiger partial charge in [0.15, 0.2) is 0 Å². The lowest BCUT2D eigenvalue weighted by Gasteiger charge is -2.37. The third-order valence-electron chi connectivity index (χ3n) is 4.98. The normalized spacial score (nSPS) is 14.0. The van der Waals surface area contributed by atoms with E-state index in [4.69, 9.17) is 4.74 Å². The number of benzene rings is 2. The van der Waals surface area contributed by atoms with Crippen LogP contribution in [0.2, 0.25) is 0 Å². The summed E-state index contributed by atoms with van der Waals surface area (Å²) >= 11 is 0. The first-order valence-corrected chi connectivity index (χ1v) is 9.63. The van der Waals surface area contributed by atoms with Crippen molar-refractivity contribution in [1.29, 1.82) is 0 Å². The second kappa shape index (κ2) is 8.34. The summed E-state index contributed by atoms with van der Waals surface area (Å²) < 4.78 is 18.3. The standard InChI is InChI=1S/C22H24FN5O/c1-16-15-21(26-22(24-16)25-18-5-3-17(23)4-6-18)28-13-11-27(12-14-28)19-7-9-20(29-2)10-8-19/h3-10,15H,11-14H2,1-2H3,(H,24,25,26). The molecule has 6 nitrogen and oxygen atoms in total. The summed E-state index contributed by atoms with van der Waals surface area (Å²) in [4.78, 5) is 13.8. The van der Waals surface area contributed by atoms with Gasteiger partial charge in [0, 0.05) is 49.3 Å². The molecule has 0 radical (unpaired) electrons. The summed E-state index contributed by atoms with van der Waals surface area (Å²) in [6, 6.07) is 16.3. The van der Waals surface area contributed by atoms with Crippen LogP contribution in [-0.4, -0.2) is 43.3 Å². The molecule has 0 unspecified atom stereocenters. The van der Waals surface area contributed by atoms with Crippen molar-refractivity contribution < 1.29 is 9.13 Å². The second-order valence-corrected chi connectivity index (χ2v) is 7.00. The highest BCUT2D eigenvalue weighted by Gasteiger charge is 2.19. The van der Waals surface area contributed by atoms with Gasteiger partial charge in [-0.05, 0) is 55.5 Å². The number of rotatable bonds is 5. The third-order valence-corrected chi connectivity index (χ3v) is 4.98. The quantitative estimate of drug-likeness (QED) is 0.707. The SMILES string of the molecule is COc1ccc(N2CCN(c3cc(C)nc(Nc4ccc(F)cc4)n3)CC2)cc1. The fourth-order valence-corrected chi connectivity index (χ4v) is 3.42. The van der Waals surface area contributed by atoms with Gasteiger partial charge in [0.05, 0.1) is 7.11 Å². The molecule has 0 saturated carbocycles. The molecule has 1 aliphatic rings. The molecule has 0 bridgehead atoms. The first-order valence-electron chi connectivity index (χ1n) is 9.63. The maximum absolute atomic E-state index is 13.1. The van der Waals surface area contributed by atoms with Crippen LogP contribution < -0.4 is 19.9 Å². The van der Waals surface area contributed by atoms with Gasteiger partial charge in [0.1, 0.15) is 17.4 Å². The molecule has 2 aromatic carbocycles. The predicted molar refractivity (Wildman–Crippen MR) is 114 cm³/mol. The van der Waals surface area contributed by atoms with Gasteiger partial charge >= 0.3 is 0 Å². The van der Waals surface area contributed by atoms with Crippen molar-refractivity contribution in [2.45, 2.75) is 6.92 Å². The van der Waals surface area contributed by atoms with Gasteiger partial charge in [-0.15, -0.1) is 0 Å². The Labute approximate surface area is 170 Å². The molecule has 1 aromatic heterocycles. The topological polar surface area (TPSA) is 53.5 Å². The molecule has 0 spiro atoms. The number of aromatic nitrogens is 2. The zero-order valence-electron chi connectivity index (χ0n) is 16.6. The van der Waals surface area contributed by atoms with Crippen LogP contribution in [0.15, 0.2) is 54.6 Å². The van der Waals surface area contributed by atoms with E-state index in [9.17, 15) is 4.39 Å². The monoisotopic (exact) mass is 393 g/mol. The van der Waals surface area contributed by atoms with E-state index in [1.807, 2.05) is 25.1 Å². The summed E-state index contributed by atoms with van der Waals surface area (Å²) in [5.74, 6) is 2.02. The molecule has 1 aliphatic heterocycles. The van der Waals surface area contributed by atoms with E-state index in [-0.39, 0.29) is 5.82 Å². The number of nitrogens with zero attached hydrogens (tertiary/aromatic N) is 4. The summed E-state index contributed by atoms with van der Waals surface area (Å²) in [5, 5.41) is 3.16. The fourth-order valence-electron chi connectivity index (χ4n) is 3.42. The summed E-state index contributed by atoms with van der Waals surface area (Å²) in [6.45, 7) is 5.53. The largest absolute Gasteiger partial charge is 0.497 e. The van der Waals surface area contributed by atoms with Gasteiger partial charge in [-0.25, -0.2) is 9.37 Å². The van der Waals surface area contributed by atoms with Gasteiger partial charge < -0.3 is 19.9 Å². The van der Waals surface area contributed by atoms with E-state index in [2.05, 4.69) is 37.2 Å². The lowest BCUT2D eigenvalue weighted by atomic mass is 10.2. The Morgan fingerprint density at radius 3 is 2.21 bits per heavy atom. The highest BCUT2D eigenvalue weighted by Crippen LogP contribution is 2.23. The molecule has 1 fully saturated rings. The highest BCUT2D eigenvalue weighted by atomic mass is 19.1. The maximum Gasteiger partial charge on any atom is 0.229 e. The lowest BCUT2D eigenvalue weighted by Crippen LogP contribution is -2.46. The number of ether oxygens (including phenoxy) is 1. The second-order valence-electron chi connectivity index (χ2n) is 7.00. The van der Waals surface area contributed by atoms with Crippen molar-refractivity contribution in [2.75, 3.05) is 48.4 Å². The van der Waals surface area contributed by atoms with E-state index in [1.54, 1.807) is 19.2 Å². The molecule has 150 valence electrons. The Hall–Kier alpha value is -3.35. The molecular weight excluding hydrogens is 369 g/mol. The van der Waals surface area contributed by atoms with Gasteiger partial charge in [-0.2, -0.15) is 4.98 Å². The van der Waals surface area contributed by atoms with Crippen LogP contribution in [0.1, 0.15) is 5.69 Å². The Morgan fingerprint density at radius 1 is 0.897 bits per heavy atom. The fraction of sp³-hybridized carbons (Fsp3) is 0.273. The van der Waals surface area contributed by atoms with Crippen LogP contribution in [-0.2, 0) is 0 Å². The molecule has 7 heteroatoms. The first kappa shape index (κ1) is 19.0. The van der Waals surface area contributed by atoms with Crippen molar-refractivity contribution in [3.63, 3.8) is 0 Å². The molecule has 4 rings (SSSR count).